The fraction of sp³-hybridized carbons (Fsp3) is 0.750. The molecule has 7 heteroatoms. The Morgan fingerprint density at radius 3 is 2.04 bits per heavy atom. The van der Waals surface area contributed by atoms with Crippen LogP contribution in [0.25, 0.3) is 0 Å². The predicted molar refractivity (Wildman–Crippen MR) is 94.9 cm³/mol. The average Bonchev–Trinajstić information content (AvgIpc) is 2.37. The van der Waals surface area contributed by atoms with Gasteiger partial charge >= 0.3 is 20.0 Å². The molecule has 0 saturated heterocycles. The van der Waals surface area contributed by atoms with Gasteiger partial charge in [-0.2, -0.15) is 0 Å². The standard InChI is InChI=1S/C13H22O6P.3CH4/c1-11(2)13(15)18-10-9-17-12(14)7-5-4-6-8-19-20(3)16;;;/h1,4-10H2,2-3H3;3*1H4/q+1;;;. The maximum absolute atomic E-state index is 11.3. The number of rotatable bonds is 11. The van der Waals surface area contributed by atoms with Crippen LogP contribution in [0.4, 0.5) is 0 Å². The second kappa shape index (κ2) is 18.8. The molecule has 1 unspecified atom stereocenters. The molecule has 23 heavy (non-hydrogen) atoms. The summed E-state index contributed by atoms with van der Waals surface area (Å²) in [6.45, 7) is 7.02. The fourth-order valence-corrected chi connectivity index (χ4v) is 1.61. The Morgan fingerprint density at radius 1 is 0.957 bits per heavy atom. The van der Waals surface area contributed by atoms with Gasteiger partial charge in [-0.15, -0.1) is 4.52 Å². The molecular formula is C16H34O6P+. The molecule has 0 heterocycles. The van der Waals surface area contributed by atoms with Crippen LogP contribution in [-0.2, 0) is 28.2 Å². The minimum Gasteiger partial charge on any atom is -0.462 e. The number of esters is 2. The third-order valence-electron chi connectivity index (χ3n) is 2.23. The van der Waals surface area contributed by atoms with Crippen LogP contribution in [0.2, 0.25) is 0 Å². The summed E-state index contributed by atoms with van der Waals surface area (Å²) in [4.78, 5) is 22.3. The van der Waals surface area contributed by atoms with Gasteiger partial charge in [0.15, 0.2) is 6.66 Å². The first-order valence-corrected chi connectivity index (χ1v) is 8.08. The number of ether oxygens (including phenoxy) is 2. The third kappa shape index (κ3) is 20.7. The summed E-state index contributed by atoms with van der Waals surface area (Å²) in [5.74, 6) is -0.811. The van der Waals surface area contributed by atoms with Gasteiger partial charge in [-0.05, 0) is 24.3 Å². The number of unbranched alkanes of at least 4 members (excludes halogenated alkanes) is 2. The molecule has 0 N–H and O–H groups in total. The lowest BCUT2D eigenvalue weighted by molar-refractivity contribution is -0.150. The molecule has 1 atom stereocenters. The lowest BCUT2D eigenvalue weighted by Crippen LogP contribution is -2.14. The molecule has 0 aromatic carbocycles. The van der Waals surface area contributed by atoms with Gasteiger partial charge in [0.05, 0.1) is 0 Å². The molecule has 0 spiro atoms. The van der Waals surface area contributed by atoms with Crippen LogP contribution in [0.15, 0.2) is 12.2 Å². The minimum atomic E-state index is -1.54. The molecule has 6 nitrogen and oxygen atoms in total. The number of hydrogen-bond acceptors (Lipinski definition) is 6. The Hall–Kier alpha value is -1.26. The van der Waals surface area contributed by atoms with E-state index < -0.39 is 14.0 Å². The van der Waals surface area contributed by atoms with E-state index in [2.05, 4.69) is 6.58 Å². The van der Waals surface area contributed by atoms with E-state index in [1.54, 1.807) is 6.92 Å². The Kier molecular flexibility index (Phi) is 24.3. The van der Waals surface area contributed by atoms with Gasteiger partial charge < -0.3 is 9.47 Å². The molecule has 0 aromatic heterocycles. The maximum Gasteiger partial charge on any atom is 0.504 e. The zero-order valence-electron chi connectivity index (χ0n) is 12.1. The molecule has 0 fully saturated rings. The molecular weight excluding hydrogens is 319 g/mol. The van der Waals surface area contributed by atoms with E-state index in [0.29, 0.717) is 25.0 Å². The number of hydrogen-bond donors (Lipinski definition) is 0. The van der Waals surface area contributed by atoms with E-state index in [1.807, 2.05) is 0 Å². The van der Waals surface area contributed by atoms with Crippen LogP contribution >= 0.6 is 8.03 Å². The summed E-state index contributed by atoms with van der Waals surface area (Å²) in [7, 11) is -1.54. The van der Waals surface area contributed by atoms with Crippen molar-refractivity contribution in [2.24, 2.45) is 0 Å². The predicted octanol–water partition coefficient (Wildman–Crippen LogP) is 4.51. The van der Waals surface area contributed by atoms with Gasteiger partial charge in [0.2, 0.25) is 0 Å². The average molecular weight is 353 g/mol. The van der Waals surface area contributed by atoms with Gasteiger partial charge in [-0.25, -0.2) is 4.79 Å². The van der Waals surface area contributed by atoms with Crippen molar-refractivity contribution in [3.63, 3.8) is 0 Å². The lowest BCUT2D eigenvalue weighted by Gasteiger charge is -2.06. The van der Waals surface area contributed by atoms with E-state index in [0.717, 1.165) is 12.8 Å². The van der Waals surface area contributed by atoms with Gasteiger partial charge in [-0.1, -0.05) is 35.3 Å². The summed E-state index contributed by atoms with van der Waals surface area (Å²) in [6.07, 6.45) is 2.57. The normalized spacial score (nSPS) is 9.39. The summed E-state index contributed by atoms with van der Waals surface area (Å²) >= 11 is 0. The molecule has 0 radical (unpaired) electrons. The first-order chi connectivity index (χ1) is 9.43. The highest BCUT2D eigenvalue weighted by Gasteiger charge is 2.07. The highest BCUT2D eigenvalue weighted by atomic mass is 31.1. The van der Waals surface area contributed by atoms with Crippen molar-refractivity contribution < 1.29 is 28.2 Å². The second-order valence-corrected chi connectivity index (χ2v) is 5.36. The quantitative estimate of drug-likeness (QED) is 0.235. The van der Waals surface area contributed by atoms with Crippen molar-refractivity contribution >= 4 is 20.0 Å². The van der Waals surface area contributed by atoms with E-state index in [4.69, 9.17) is 14.0 Å². The van der Waals surface area contributed by atoms with E-state index >= 15 is 0 Å². The van der Waals surface area contributed by atoms with Crippen LogP contribution in [-0.4, -0.2) is 38.4 Å². The summed E-state index contributed by atoms with van der Waals surface area (Å²) in [6, 6.07) is 0. The Morgan fingerprint density at radius 2 is 1.52 bits per heavy atom. The molecule has 138 valence electrons. The van der Waals surface area contributed by atoms with Crippen molar-refractivity contribution in [1.82, 2.24) is 0 Å². The Labute approximate surface area is 142 Å². The summed E-state index contributed by atoms with van der Waals surface area (Å²) < 4.78 is 25.2. The third-order valence-corrected chi connectivity index (χ3v) is 2.77. The van der Waals surface area contributed by atoms with Crippen molar-refractivity contribution in [1.29, 1.82) is 0 Å². The number of carbonyl (C=O) groups is 2. The van der Waals surface area contributed by atoms with Crippen LogP contribution in [0, 0.1) is 0 Å². The molecule has 0 bridgehead atoms. The molecule has 0 aromatic rings. The molecule has 0 aliphatic heterocycles. The Balaban J connectivity index is -0.000000602. The van der Waals surface area contributed by atoms with Gasteiger partial charge in [0.25, 0.3) is 0 Å². The van der Waals surface area contributed by atoms with Gasteiger partial charge in [-0.3, -0.25) is 4.79 Å². The fourth-order valence-electron chi connectivity index (χ4n) is 1.23. The number of carbonyl (C=O) groups excluding carboxylic acids is 2. The maximum atomic E-state index is 11.3. The van der Waals surface area contributed by atoms with Crippen molar-refractivity contribution in [3.05, 3.63) is 12.2 Å². The first-order valence-electron chi connectivity index (χ1n) is 6.45. The second-order valence-electron chi connectivity index (χ2n) is 4.22. The Bertz CT molecular complexity index is 354. The zero-order chi connectivity index (χ0) is 15.4. The smallest absolute Gasteiger partial charge is 0.462 e. The molecule has 0 amide bonds. The summed E-state index contributed by atoms with van der Waals surface area (Å²) in [5.41, 5.74) is 0.312. The largest absolute Gasteiger partial charge is 0.504 e. The first kappa shape index (κ1) is 29.7. The van der Waals surface area contributed by atoms with Gasteiger partial charge in [0.1, 0.15) is 19.8 Å². The van der Waals surface area contributed by atoms with E-state index in [1.165, 1.54) is 6.66 Å². The zero-order valence-corrected chi connectivity index (χ0v) is 12.9. The van der Waals surface area contributed by atoms with E-state index in [9.17, 15) is 14.2 Å². The highest BCUT2D eigenvalue weighted by Crippen LogP contribution is 2.15. The molecule has 0 aliphatic rings. The molecule has 0 rings (SSSR count). The van der Waals surface area contributed by atoms with Crippen molar-refractivity contribution in [3.8, 4) is 0 Å². The summed E-state index contributed by atoms with van der Waals surface area (Å²) in [5, 5.41) is 0. The molecule has 0 aliphatic carbocycles. The van der Waals surface area contributed by atoms with Crippen LogP contribution in [0.5, 0.6) is 0 Å². The monoisotopic (exact) mass is 353 g/mol. The van der Waals surface area contributed by atoms with Gasteiger partial charge in [0, 0.05) is 12.0 Å². The SMILES string of the molecule is C.C.C.C=C(C)C(=O)OCCOC(=O)CCCCCO[P+](C)=O. The van der Waals surface area contributed by atoms with Crippen molar-refractivity contribution in [2.75, 3.05) is 26.5 Å². The minimum absolute atomic E-state index is 0. The van der Waals surface area contributed by atoms with Crippen molar-refractivity contribution in [2.45, 2.75) is 54.9 Å². The lowest BCUT2D eigenvalue weighted by atomic mass is 10.2. The van der Waals surface area contributed by atoms with E-state index in [-0.39, 0.29) is 41.5 Å². The highest BCUT2D eigenvalue weighted by molar-refractivity contribution is 7.38. The molecule has 0 saturated carbocycles. The topological polar surface area (TPSA) is 78.9 Å². The van der Waals surface area contributed by atoms with Crippen LogP contribution < -0.4 is 0 Å². The van der Waals surface area contributed by atoms with Crippen LogP contribution in [0.1, 0.15) is 54.9 Å². The van der Waals surface area contributed by atoms with Crippen LogP contribution in [0.3, 0.4) is 0 Å².